The number of thioether (sulfide) groups is 1. The first-order valence-electron chi connectivity index (χ1n) is 5.30. The van der Waals surface area contributed by atoms with Gasteiger partial charge in [-0.3, -0.25) is 4.79 Å². The van der Waals surface area contributed by atoms with Crippen LogP contribution in [0.25, 0.3) is 0 Å². The predicted octanol–water partition coefficient (Wildman–Crippen LogP) is 1.91. The van der Waals surface area contributed by atoms with Gasteiger partial charge in [0.25, 0.3) is 5.91 Å². The highest BCUT2D eigenvalue weighted by Crippen LogP contribution is 2.26. The van der Waals surface area contributed by atoms with Gasteiger partial charge in [-0.2, -0.15) is 0 Å². The quantitative estimate of drug-likeness (QED) is 0.772. The zero-order valence-electron chi connectivity index (χ0n) is 9.56. The number of aliphatic hydroxyl groups is 1. The fourth-order valence-electron chi connectivity index (χ4n) is 1.28. The molecular weight excluding hydrogens is 222 g/mol. The highest BCUT2D eigenvalue weighted by Gasteiger charge is 2.11. The lowest BCUT2D eigenvalue weighted by Gasteiger charge is -2.10. The molecule has 0 aliphatic rings. The molecule has 88 valence electrons. The van der Waals surface area contributed by atoms with Crippen molar-refractivity contribution in [2.24, 2.45) is 0 Å². The van der Waals surface area contributed by atoms with Gasteiger partial charge in [-0.1, -0.05) is 26.0 Å². The molecule has 0 saturated carbocycles. The number of nitrogens with one attached hydrogen (secondary N) is 1. The van der Waals surface area contributed by atoms with E-state index < -0.39 is 0 Å². The lowest BCUT2D eigenvalue weighted by Crippen LogP contribution is -2.26. The van der Waals surface area contributed by atoms with Crippen LogP contribution in [0.4, 0.5) is 0 Å². The Bertz CT molecular complexity index is 353. The van der Waals surface area contributed by atoms with E-state index in [1.807, 2.05) is 18.2 Å². The fraction of sp³-hybridized carbons (Fsp3) is 0.417. The van der Waals surface area contributed by atoms with Crippen LogP contribution in [0.2, 0.25) is 0 Å². The second-order valence-electron chi connectivity index (χ2n) is 3.64. The van der Waals surface area contributed by atoms with Crippen molar-refractivity contribution in [3.8, 4) is 0 Å². The third-order valence-corrected chi connectivity index (χ3v) is 2.97. The molecule has 0 unspecified atom stereocenters. The van der Waals surface area contributed by atoms with E-state index in [-0.39, 0.29) is 12.5 Å². The maximum Gasteiger partial charge on any atom is 0.252 e. The Morgan fingerprint density at radius 3 is 2.75 bits per heavy atom. The molecular formula is C12H17NO2S. The number of hydrogen-bond donors (Lipinski definition) is 2. The van der Waals surface area contributed by atoms with Crippen LogP contribution in [-0.4, -0.2) is 29.4 Å². The van der Waals surface area contributed by atoms with Crippen molar-refractivity contribution in [2.45, 2.75) is 24.0 Å². The summed E-state index contributed by atoms with van der Waals surface area (Å²) in [7, 11) is 0. The van der Waals surface area contributed by atoms with E-state index in [2.05, 4.69) is 19.2 Å². The molecule has 0 saturated heterocycles. The molecule has 0 aromatic heterocycles. The Balaban J connectivity index is 2.81. The predicted molar refractivity (Wildman–Crippen MR) is 66.9 cm³/mol. The van der Waals surface area contributed by atoms with Gasteiger partial charge >= 0.3 is 0 Å². The lowest BCUT2D eigenvalue weighted by atomic mass is 10.2. The molecule has 0 bridgehead atoms. The Morgan fingerprint density at radius 2 is 2.12 bits per heavy atom. The Labute approximate surface area is 100 Å². The number of carbonyl (C=O) groups is 1. The Morgan fingerprint density at radius 1 is 1.44 bits per heavy atom. The molecule has 0 spiro atoms. The third-order valence-electron chi connectivity index (χ3n) is 1.89. The lowest BCUT2D eigenvalue weighted by molar-refractivity contribution is 0.0942. The van der Waals surface area contributed by atoms with Gasteiger partial charge in [-0.15, -0.1) is 11.8 Å². The first-order valence-corrected chi connectivity index (χ1v) is 6.18. The van der Waals surface area contributed by atoms with Crippen molar-refractivity contribution in [2.75, 3.05) is 13.2 Å². The van der Waals surface area contributed by atoms with Gasteiger partial charge in [0.15, 0.2) is 0 Å². The highest BCUT2D eigenvalue weighted by molar-refractivity contribution is 8.00. The van der Waals surface area contributed by atoms with Gasteiger partial charge in [-0.25, -0.2) is 0 Å². The zero-order valence-corrected chi connectivity index (χ0v) is 10.4. The van der Waals surface area contributed by atoms with E-state index >= 15 is 0 Å². The second-order valence-corrected chi connectivity index (χ2v) is 5.26. The van der Waals surface area contributed by atoms with Gasteiger partial charge < -0.3 is 10.4 Å². The summed E-state index contributed by atoms with van der Waals surface area (Å²) in [6.45, 7) is 4.44. The normalized spacial score (nSPS) is 10.5. The number of hydrogen-bond acceptors (Lipinski definition) is 3. The SMILES string of the molecule is CC(C)Sc1ccccc1C(=O)NCCO. The van der Waals surface area contributed by atoms with Gasteiger partial charge in [0, 0.05) is 16.7 Å². The van der Waals surface area contributed by atoms with Crippen molar-refractivity contribution >= 4 is 17.7 Å². The topological polar surface area (TPSA) is 49.3 Å². The van der Waals surface area contributed by atoms with Gasteiger partial charge in [0.2, 0.25) is 0 Å². The van der Waals surface area contributed by atoms with E-state index in [0.29, 0.717) is 17.4 Å². The smallest absolute Gasteiger partial charge is 0.252 e. The average molecular weight is 239 g/mol. The molecule has 16 heavy (non-hydrogen) atoms. The van der Waals surface area contributed by atoms with Gasteiger partial charge in [0.05, 0.1) is 12.2 Å². The highest BCUT2D eigenvalue weighted by atomic mass is 32.2. The van der Waals surface area contributed by atoms with Crippen molar-refractivity contribution in [1.82, 2.24) is 5.32 Å². The van der Waals surface area contributed by atoms with Gasteiger partial charge in [0.1, 0.15) is 0 Å². The molecule has 0 aliphatic carbocycles. The summed E-state index contributed by atoms with van der Waals surface area (Å²) >= 11 is 1.66. The van der Waals surface area contributed by atoms with Crippen molar-refractivity contribution in [3.05, 3.63) is 29.8 Å². The first kappa shape index (κ1) is 13.1. The Hall–Kier alpha value is -1.00. The summed E-state index contributed by atoms with van der Waals surface area (Å²) in [4.78, 5) is 12.7. The van der Waals surface area contributed by atoms with Crippen LogP contribution < -0.4 is 5.32 Å². The number of amides is 1. The van der Waals surface area contributed by atoms with Crippen LogP contribution in [-0.2, 0) is 0 Å². The van der Waals surface area contributed by atoms with Crippen LogP contribution in [0.5, 0.6) is 0 Å². The van der Waals surface area contributed by atoms with E-state index in [9.17, 15) is 4.79 Å². The zero-order chi connectivity index (χ0) is 12.0. The van der Waals surface area contributed by atoms with E-state index in [4.69, 9.17) is 5.11 Å². The molecule has 0 fully saturated rings. The number of carbonyl (C=O) groups excluding carboxylic acids is 1. The molecule has 0 aliphatic heterocycles. The minimum atomic E-state index is -0.127. The molecule has 0 heterocycles. The number of aliphatic hydroxyl groups excluding tert-OH is 1. The molecule has 3 nitrogen and oxygen atoms in total. The van der Waals surface area contributed by atoms with Crippen LogP contribution in [0.1, 0.15) is 24.2 Å². The maximum atomic E-state index is 11.8. The van der Waals surface area contributed by atoms with Crippen LogP contribution in [0.15, 0.2) is 29.2 Å². The third kappa shape index (κ3) is 3.87. The molecule has 1 aromatic rings. The summed E-state index contributed by atoms with van der Waals surface area (Å²) in [5, 5.41) is 11.8. The minimum absolute atomic E-state index is 0.0365. The Kier molecular flexibility index (Phi) is 5.35. The molecule has 1 amide bonds. The van der Waals surface area contributed by atoms with Crippen LogP contribution >= 0.6 is 11.8 Å². The molecule has 0 radical (unpaired) electrons. The number of benzene rings is 1. The first-order chi connectivity index (χ1) is 7.65. The molecule has 1 rings (SSSR count). The standard InChI is InChI=1S/C12H17NO2S/c1-9(2)16-11-6-4-3-5-10(11)12(15)13-7-8-14/h3-6,9,14H,7-8H2,1-2H3,(H,13,15). The van der Waals surface area contributed by atoms with Crippen molar-refractivity contribution in [3.63, 3.8) is 0 Å². The molecule has 1 aromatic carbocycles. The van der Waals surface area contributed by atoms with E-state index in [1.54, 1.807) is 17.8 Å². The van der Waals surface area contributed by atoms with E-state index in [1.165, 1.54) is 0 Å². The van der Waals surface area contributed by atoms with Crippen LogP contribution in [0, 0.1) is 0 Å². The monoisotopic (exact) mass is 239 g/mol. The summed E-state index contributed by atoms with van der Waals surface area (Å²) in [6, 6.07) is 7.52. The summed E-state index contributed by atoms with van der Waals surface area (Å²) < 4.78 is 0. The largest absolute Gasteiger partial charge is 0.395 e. The maximum absolute atomic E-state index is 11.8. The van der Waals surface area contributed by atoms with Gasteiger partial charge in [-0.05, 0) is 12.1 Å². The molecule has 2 N–H and O–H groups in total. The fourth-order valence-corrected chi connectivity index (χ4v) is 2.23. The summed E-state index contributed by atoms with van der Waals surface area (Å²) in [5.74, 6) is -0.127. The summed E-state index contributed by atoms with van der Waals surface area (Å²) in [6.07, 6.45) is 0. The second kappa shape index (κ2) is 6.55. The van der Waals surface area contributed by atoms with Crippen molar-refractivity contribution < 1.29 is 9.90 Å². The molecule has 4 heteroatoms. The van der Waals surface area contributed by atoms with Crippen molar-refractivity contribution in [1.29, 1.82) is 0 Å². The molecule has 0 atom stereocenters. The van der Waals surface area contributed by atoms with Crippen LogP contribution in [0.3, 0.4) is 0 Å². The summed E-state index contributed by atoms with van der Waals surface area (Å²) in [5.41, 5.74) is 0.676. The average Bonchev–Trinajstić information content (AvgIpc) is 2.26. The number of rotatable bonds is 5. The van der Waals surface area contributed by atoms with E-state index in [0.717, 1.165) is 4.90 Å². The minimum Gasteiger partial charge on any atom is -0.395 e.